The number of fused-ring (bicyclic) bond motifs is 1. The first-order valence-electron chi connectivity index (χ1n) is 8.45. The summed E-state index contributed by atoms with van der Waals surface area (Å²) in [6.45, 7) is 3.14. The van der Waals surface area contributed by atoms with E-state index in [-0.39, 0.29) is 24.8 Å². The molecule has 4 rings (SSSR count). The van der Waals surface area contributed by atoms with E-state index in [2.05, 4.69) is 19.5 Å². The molecule has 3 heterocycles. The van der Waals surface area contributed by atoms with E-state index in [0.29, 0.717) is 17.9 Å². The SMILES string of the molecule is CCn1c(Cn2ccnc2-c2cccc(C(F)(F)F)c2)nc2cnccc21.Cl.Cl. The molecule has 154 valence electrons. The van der Waals surface area contributed by atoms with Crippen molar-refractivity contribution in [1.29, 1.82) is 0 Å². The predicted molar refractivity (Wildman–Crippen MR) is 109 cm³/mol. The van der Waals surface area contributed by atoms with Crippen molar-refractivity contribution in [2.45, 2.75) is 26.2 Å². The molecule has 0 saturated heterocycles. The van der Waals surface area contributed by atoms with Crippen molar-refractivity contribution in [3.8, 4) is 11.4 Å². The summed E-state index contributed by atoms with van der Waals surface area (Å²) >= 11 is 0. The van der Waals surface area contributed by atoms with Crippen LogP contribution >= 0.6 is 24.8 Å². The van der Waals surface area contributed by atoms with Gasteiger partial charge in [-0.2, -0.15) is 13.2 Å². The first-order valence-corrected chi connectivity index (χ1v) is 8.45. The van der Waals surface area contributed by atoms with E-state index in [0.717, 1.165) is 35.5 Å². The Kier molecular flexibility index (Phi) is 6.92. The van der Waals surface area contributed by atoms with Gasteiger partial charge in [0.2, 0.25) is 0 Å². The largest absolute Gasteiger partial charge is 0.416 e. The number of aryl methyl sites for hydroxylation is 1. The number of hydrogen-bond donors (Lipinski definition) is 0. The van der Waals surface area contributed by atoms with Crippen LogP contribution in [0.2, 0.25) is 0 Å². The minimum Gasteiger partial charge on any atom is -0.327 e. The van der Waals surface area contributed by atoms with Gasteiger partial charge < -0.3 is 9.13 Å². The van der Waals surface area contributed by atoms with Crippen molar-refractivity contribution in [1.82, 2.24) is 24.1 Å². The Balaban J connectivity index is 0.00000150. The number of rotatable bonds is 4. The average Bonchev–Trinajstić information content (AvgIpc) is 3.25. The third-order valence-corrected chi connectivity index (χ3v) is 4.42. The molecule has 0 unspecified atom stereocenters. The Hall–Kier alpha value is -2.58. The van der Waals surface area contributed by atoms with E-state index in [1.807, 2.05) is 13.0 Å². The molecule has 0 atom stereocenters. The maximum Gasteiger partial charge on any atom is 0.416 e. The lowest BCUT2D eigenvalue weighted by atomic mass is 10.1. The number of alkyl halides is 3. The molecule has 4 aromatic rings. The molecule has 0 N–H and O–H groups in total. The molecule has 0 radical (unpaired) electrons. The van der Waals surface area contributed by atoms with Gasteiger partial charge in [-0.25, -0.2) is 9.97 Å². The van der Waals surface area contributed by atoms with E-state index < -0.39 is 11.7 Å². The minimum absolute atomic E-state index is 0. The smallest absolute Gasteiger partial charge is 0.327 e. The van der Waals surface area contributed by atoms with E-state index in [1.165, 1.54) is 6.07 Å². The zero-order valence-corrected chi connectivity index (χ0v) is 16.9. The van der Waals surface area contributed by atoms with Gasteiger partial charge in [0.05, 0.1) is 23.8 Å². The Morgan fingerprint density at radius 2 is 1.86 bits per heavy atom. The van der Waals surface area contributed by atoms with Crippen molar-refractivity contribution in [2.24, 2.45) is 0 Å². The van der Waals surface area contributed by atoms with Gasteiger partial charge >= 0.3 is 6.18 Å². The summed E-state index contributed by atoms with van der Waals surface area (Å²) in [6, 6.07) is 7.09. The lowest BCUT2D eigenvalue weighted by Gasteiger charge is -2.11. The normalized spacial score (nSPS) is 11.2. The van der Waals surface area contributed by atoms with Gasteiger partial charge in [-0.15, -0.1) is 24.8 Å². The first-order chi connectivity index (χ1) is 13.0. The Labute approximate surface area is 177 Å². The summed E-state index contributed by atoms with van der Waals surface area (Å²) in [5, 5.41) is 0. The summed E-state index contributed by atoms with van der Waals surface area (Å²) in [4.78, 5) is 13.0. The summed E-state index contributed by atoms with van der Waals surface area (Å²) in [5.41, 5.74) is 1.48. The molecule has 0 spiro atoms. The van der Waals surface area contributed by atoms with Crippen LogP contribution in [0.15, 0.2) is 55.1 Å². The fourth-order valence-corrected chi connectivity index (χ4v) is 3.19. The number of imidazole rings is 2. The molecule has 0 aliphatic rings. The van der Waals surface area contributed by atoms with Gasteiger partial charge in [0.1, 0.15) is 17.2 Å². The van der Waals surface area contributed by atoms with Crippen LogP contribution in [0, 0.1) is 0 Å². The zero-order valence-electron chi connectivity index (χ0n) is 15.3. The molecule has 1 aromatic carbocycles. The third kappa shape index (κ3) is 4.38. The molecule has 0 aliphatic heterocycles. The standard InChI is InChI=1S/C19H16F3N5.2ClH/c1-2-27-16-6-7-23-11-15(16)25-17(27)12-26-9-8-24-18(26)13-4-3-5-14(10-13)19(20,21)22;;/h3-11H,2,12H2,1H3;2*1H. The van der Waals surface area contributed by atoms with Crippen molar-refractivity contribution in [3.05, 3.63) is 66.5 Å². The van der Waals surface area contributed by atoms with Crippen LogP contribution in [0.5, 0.6) is 0 Å². The average molecular weight is 444 g/mol. The molecule has 29 heavy (non-hydrogen) atoms. The van der Waals surface area contributed by atoms with Crippen molar-refractivity contribution in [2.75, 3.05) is 0 Å². The number of hydrogen-bond acceptors (Lipinski definition) is 3. The zero-order chi connectivity index (χ0) is 19.0. The molecule has 0 fully saturated rings. The van der Waals surface area contributed by atoms with Crippen LogP contribution in [0.3, 0.4) is 0 Å². The third-order valence-electron chi connectivity index (χ3n) is 4.42. The summed E-state index contributed by atoms with van der Waals surface area (Å²) in [6.07, 6.45) is 2.34. The highest BCUT2D eigenvalue weighted by Gasteiger charge is 2.30. The van der Waals surface area contributed by atoms with E-state index in [9.17, 15) is 13.2 Å². The second kappa shape index (κ2) is 8.84. The van der Waals surface area contributed by atoms with Gasteiger partial charge in [0, 0.05) is 30.7 Å². The number of nitrogens with zero attached hydrogens (tertiary/aromatic N) is 5. The summed E-state index contributed by atoms with van der Waals surface area (Å²) in [7, 11) is 0. The Morgan fingerprint density at radius 1 is 1.07 bits per heavy atom. The van der Waals surface area contributed by atoms with Crippen LogP contribution in [-0.4, -0.2) is 24.1 Å². The van der Waals surface area contributed by atoms with Crippen LogP contribution < -0.4 is 0 Å². The fourth-order valence-electron chi connectivity index (χ4n) is 3.19. The summed E-state index contributed by atoms with van der Waals surface area (Å²) in [5.74, 6) is 1.26. The molecular formula is C19H18Cl2F3N5. The first kappa shape index (κ1) is 22.7. The van der Waals surface area contributed by atoms with Crippen molar-refractivity contribution in [3.63, 3.8) is 0 Å². The maximum absolute atomic E-state index is 13.0. The molecule has 0 bridgehead atoms. The second-order valence-electron chi connectivity index (χ2n) is 6.09. The maximum atomic E-state index is 13.0. The van der Waals surface area contributed by atoms with Gasteiger partial charge in [-0.1, -0.05) is 12.1 Å². The monoisotopic (exact) mass is 443 g/mol. The number of benzene rings is 1. The van der Waals surface area contributed by atoms with Crippen LogP contribution in [0.1, 0.15) is 18.3 Å². The van der Waals surface area contributed by atoms with Crippen LogP contribution in [-0.2, 0) is 19.3 Å². The van der Waals surface area contributed by atoms with Crippen molar-refractivity contribution < 1.29 is 13.2 Å². The van der Waals surface area contributed by atoms with E-state index in [1.54, 1.807) is 35.4 Å². The molecule has 10 heteroatoms. The van der Waals surface area contributed by atoms with Gasteiger partial charge in [0.25, 0.3) is 0 Å². The number of aromatic nitrogens is 5. The quantitative estimate of drug-likeness (QED) is 0.434. The lowest BCUT2D eigenvalue weighted by molar-refractivity contribution is -0.137. The number of pyridine rings is 1. The summed E-state index contributed by atoms with van der Waals surface area (Å²) < 4.78 is 42.9. The minimum atomic E-state index is -4.39. The number of halogens is 5. The Bertz CT molecular complexity index is 1100. The molecule has 5 nitrogen and oxygen atoms in total. The van der Waals surface area contributed by atoms with Gasteiger partial charge in [0.15, 0.2) is 0 Å². The van der Waals surface area contributed by atoms with Gasteiger partial charge in [-0.3, -0.25) is 4.98 Å². The highest BCUT2D eigenvalue weighted by molar-refractivity contribution is 5.85. The molecule has 0 saturated carbocycles. The highest BCUT2D eigenvalue weighted by atomic mass is 35.5. The topological polar surface area (TPSA) is 48.5 Å². The molecule has 0 amide bonds. The highest BCUT2D eigenvalue weighted by Crippen LogP contribution is 2.32. The lowest BCUT2D eigenvalue weighted by Crippen LogP contribution is -2.09. The van der Waals surface area contributed by atoms with Crippen LogP contribution in [0.4, 0.5) is 13.2 Å². The predicted octanol–water partition coefficient (Wildman–Crippen LogP) is 5.23. The molecule has 0 aliphatic carbocycles. The van der Waals surface area contributed by atoms with Gasteiger partial charge in [-0.05, 0) is 25.1 Å². The van der Waals surface area contributed by atoms with Crippen LogP contribution in [0.25, 0.3) is 22.4 Å². The molecular weight excluding hydrogens is 426 g/mol. The molecule has 3 aromatic heterocycles. The van der Waals surface area contributed by atoms with Crippen molar-refractivity contribution >= 4 is 35.8 Å². The van der Waals surface area contributed by atoms with E-state index >= 15 is 0 Å². The Morgan fingerprint density at radius 3 is 2.59 bits per heavy atom. The fraction of sp³-hybridized carbons (Fsp3) is 0.211. The second-order valence-corrected chi connectivity index (χ2v) is 6.09. The van der Waals surface area contributed by atoms with E-state index in [4.69, 9.17) is 0 Å².